The van der Waals surface area contributed by atoms with Gasteiger partial charge >= 0.3 is 12.0 Å². The molecule has 5 nitrogen and oxygen atoms in total. The fourth-order valence-corrected chi connectivity index (χ4v) is 2.83. The summed E-state index contributed by atoms with van der Waals surface area (Å²) in [4.78, 5) is 23.7. The second kappa shape index (κ2) is 5.61. The number of benzene rings is 1. The molecule has 0 spiro atoms. The van der Waals surface area contributed by atoms with Crippen molar-refractivity contribution in [1.82, 2.24) is 4.90 Å². The lowest BCUT2D eigenvalue weighted by Crippen LogP contribution is -2.44. The Morgan fingerprint density at radius 3 is 2.45 bits per heavy atom. The smallest absolute Gasteiger partial charge is 0.327 e. The maximum absolute atomic E-state index is 13.4. The van der Waals surface area contributed by atoms with E-state index in [-0.39, 0.29) is 11.6 Å². The minimum absolute atomic E-state index is 0.0905. The number of rotatable bonds is 2. The fourth-order valence-electron chi connectivity index (χ4n) is 1.69. The minimum Gasteiger partial charge on any atom is -0.480 e. The Balaban J connectivity index is 2.18. The van der Waals surface area contributed by atoms with Gasteiger partial charge in [0.1, 0.15) is 17.5 Å². The van der Waals surface area contributed by atoms with Crippen LogP contribution in [0, 0.1) is 17.5 Å². The molecule has 1 saturated heterocycles. The van der Waals surface area contributed by atoms with Crippen LogP contribution in [0.4, 0.5) is 23.7 Å². The van der Waals surface area contributed by atoms with Crippen LogP contribution in [0.15, 0.2) is 12.1 Å². The molecule has 1 atom stereocenters. The van der Waals surface area contributed by atoms with E-state index in [9.17, 15) is 22.8 Å². The maximum atomic E-state index is 13.4. The quantitative estimate of drug-likeness (QED) is 0.878. The number of urea groups is 1. The van der Waals surface area contributed by atoms with E-state index in [2.05, 4.69) is 0 Å². The Morgan fingerprint density at radius 2 is 1.90 bits per heavy atom. The van der Waals surface area contributed by atoms with E-state index >= 15 is 0 Å². The number of carbonyl (C=O) groups excluding carboxylic acids is 1. The largest absolute Gasteiger partial charge is 0.480 e. The second-order valence-corrected chi connectivity index (χ2v) is 5.00. The van der Waals surface area contributed by atoms with Gasteiger partial charge in [-0.1, -0.05) is 0 Å². The topological polar surface area (TPSA) is 69.6 Å². The molecule has 9 heteroatoms. The molecule has 0 saturated carbocycles. The molecule has 2 N–H and O–H groups in total. The summed E-state index contributed by atoms with van der Waals surface area (Å²) in [5.74, 6) is -4.57. The zero-order valence-corrected chi connectivity index (χ0v) is 10.7. The number of carboxylic acids is 1. The molecule has 0 aliphatic carbocycles. The van der Waals surface area contributed by atoms with Crippen LogP contribution in [0.1, 0.15) is 0 Å². The number of hydrogen-bond donors (Lipinski definition) is 2. The molecular formula is C11H9F3N2O3S. The highest BCUT2D eigenvalue weighted by atomic mass is 32.2. The summed E-state index contributed by atoms with van der Waals surface area (Å²) in [5, 5.41) is 10.8. The zero-order chi connectivity index (χ0) is 14.9. The van der Waals surface area contributed by atoms with E-state index in [0.29, 0.717) is 12.1 Å². The zero-order valence-electron chi connectivity index (χ0n) is 9.90. The molecule has 2 amide bonds. The van der Waals surface area contributed by atoms with E-state index in [4.69, 9.17) is 5.11 Å². The van der Waals surface area contributed by atoms with Crippen molar-refractivity contribution in [1.29, 1.82) is 0 Å². The molecular weight excluding hydrogens is 297 g/mol. The van der Waals surface area contributed by atoms with Gasteiger partial charge < -0.3 is 15.3 Å². The van der Waals surface area contributed by atoms with Crippen LogP contribution in [0.2, 0.25) is 0 Å². The summed E-state index contributed by atoms with van der Waals surface area (Å²) >= 11 is 1.21. The number of aliphatic carboxylic acids is 1. The van der Waals surface area contributed by atoms with Crippen molar-refractivity contribution in [2.24, 2.45) is 0 Å². The van der Waals surface area contributed by atoms with Gasteiger partial charge in [0.15, 0.2) is 11.6 Å². The molecule has 1 aliphatic heterocycles. The number of amides is 2. The molecule has 0 bridgehead atoms. The lowest BCUT2D eigenvalue weighted by molar-refractivity contribution is -0.140. The molecule has 1 aromatic carbocycles. The van der Waals surface area contributed by atoms with Crippen LogP contribution < -0.4 is 5.32 Å². The highest BCUT2D eigenvalue weighted by molar-refractivity contribution is 7.99. The molecule has 1 aliphatic rings. The number of hydrogen-bond acceptors (Lipinski definition) is 3. The van der Waals surface area contributed by atoms with E-state index in [1.54, 1.807) is 0 Å². The minimum atomic E-state index is -1.27. The van der Waals surface area contributed by atoms with Crippen molar-refractivity contribution in [2.45, 2.75) is 6.04 Å². The van der Waals surface area contributed by atoms with Gasteiger partial charge in [-0.3, -0.25) is 0 Å². The van der Waals surface area contributed by atoms with Crippen LogP contribution in [-0.2, 0) is 4.79 Å². The van der Waals surface area contributed by atoms with Crippen molar-refractivity contribution < 1.29 is 27.9 Å². The highest BCUT2D eigenvalue weighted by Gasteiger charge is 2.35. The number of carboxylic acid groups (broad SMARTS) is 1. The molecule has 0 radical (unpaired) electrons. The van der Waals surface area contributed by atoms with Crippen molar-refractivity contribution in [2.75, 3.05) is 16.9 Å². The van der Waals surface area contributed by atoms with Gasteiger partial charge in [0.2, 0.25) is 0 Å². The van der Waals surface area contributed by atoms with Gasteiger partial charge in [0.05, 0.1) is 5.88 Å². The van der Waals surface area contributed by atoms with Crippen molar-refractivity contribution in [3.8, 4) is 0 Å². The summed E-state index contributed by atoms with van der Waals surface area (Å²) in [6, 6.07) is -1.17. The maximum Gasteiger partial charge on any atom is 0.327 e. The first-order valence-corrected chi connectivity index (χ1v) is 6.58. The third-order valence-corrected chi connectivity index (χ3v) is 3.68. The molecule has 1 heterocycles. The summed E-state index contributed by atoms with van der Waals surface area (Å²) < 4.78 is 39.5. The van der Waals surface area contributed by atoms with Crippen LogP contribution in [0.3, 0.4) is 0 Å². The third-order valence-electron chi connectivity index (χ3n) is 2.67. The normalized spacial score (nSPS) is 18.1. The van der Waals surface area contributed by atoms with Crippen LogP contribution in [-0.4, -0.2) is 39.7 Å². The standard InChI is InChI=1S/C11H9F3N2O3S/c12-5-1-6(13)9(7(14)2-5)15-11(19)16-4-20-3-8(16)10(17)18/h1-2,8H,3-4H2,(H,15,19)(H,17,18)/t8-/m0/s1. The van der Waals surface area contributed by atoms with Crippen molar-refractivity contribution >= 4 is 29.4 Å². The van der Waals surface area contributed by atoms with Crippen molar-refractivity contribution in [3.05, 3.63) is 29.6 Å². The molecule has 1 fully saturated rings. The Bertz CT molecular complexity index is 547. The highest BCUT2D eigenvalue weighted by Crippen LogP contribution is 2.24. The molecule has 0 aromatic heterocycles. The molecule has 0 unspecified atom stereocenters. The Hall–Kier alpha value is -1.90. The predicted molar refractivity (Wildman–Crippen MR) is 65.9 cm³/mol. The summed E-state index contributed by atoms with van der Waals surface area (Å²) in [6.45, 7) is 0. The van der Waals surface area contributed by atoms with E-state index in [1.807, 2.05) is 5.32 Å². The molecule has 1 aromatic rings. The molecule has 108 valence electrons. The first kappa shape index (κ1) is 14.5. The van der Waals surface area contributed by atoms with Gasteiger partial charge in [-0.25, -0.2) is 22.8 Å². The van der Waals surface area contributed by atoms with Gasteiger partial charge in [0.25, 0.3) is 0 Å². The number of nitrogens with zero attached hydrogens (tertiary/aromatic N) is 1. The number of thioether (sulfide) groups is 1. The van der Waals surface area contributed by atoms with Gasteiger partial charge in [0, 0.05) is 17.9 Å². The van der Waals surface area contributed by atoms with Gasteiger partial charge in [-0.15, -0.1) is 11.8 Å². The van der Waals surface area contributed by atoms with Crippen LogP contribution in [0.25, 0.3) is 0 Å². The van der Waals surface area contributed by atoms with E-state index in [1.165, 1.54) is 11.8 Å². The van der Waals surface area contributed by atoms with Gasteiger partial charge in [-0.05, 0) is 0 Å². The average molecular weight is 306 g/mol. The lowest BCUT2D eigenvalue weighted by Gasteiger charge is -2.21. The number of nitrogens with one attached hydrogen (secondary N) is 1. The van der Waals surface area contributed by atoms with Crippen LogP contribution in [0.5, 0.6) is 0 Å². The number of anilines is 1. The Morgan fingerprint density at radius 1 is 1.30 bits per heavy atom. The summed E-state index contributed by atoms with van der Waals surface area (Å²) in [7, 11) is 0. The fraction of sp³-hybridized carbons (Fsp3) is 0.273. The second-order valence-electron chi connectivity index (χ2n) is 4.00. The van der Waals surface area contributed by atoms with Gasteiger partial charge in [-0.2, -0.15) is 0 Å². The first-order chi connectivity index (χ1) is 9.40. The van der Waals surface area contributed by atoms with Crippen LogP contribution >= 0.6 is 11.8 Å². The SMILES string of the molecule is O=C(O)[C@@H]1CSCN1C(=O)Nc1c(F)cc(F)cc1F. The third kappa shape index (κ3) is 2.82. The lowest BCUT2D eigenvalue weighted by atomic mass is 10.2. The first-order valence-electron chi connectivity index (χ1n) is 5.43. The Kier molecular flexibility index (Phi) is 4.07. The van der Waals surface area contributed by atoms with Crippen molar-refractivity contribution in [3.63, 3.8) is 0 Å². The average Bonchev–Trinajstić information content (AvgIpc) is 2.82. The molecule has 20 heavy (non-hydrogen) atoms. The summed E-state index contributed by atoms with van der Waals surface area (Å²) in [6.07, 6.45) is 0. The predicted octanol–water partition coefficient (Wildman–Crippen LogP) is 2.10. The number of halogens is 3. The summed E-state index contributed by atoms with van der Waals surface area (Å²) in [5.41, 5.74) is -0.808. The molecule has 2 rings (SSSR count). The monoisotopic (exact) mass is 306 g/mol. The number of carbonyl (C=O) groups is 2. The van der Waals surface area contributed by atoms with E-state index in [0.717, 1.165) is 4.90 Å². The Labute approximate surface area is 115 Å². The van der Waals surface area contributed by atoms with E-state index < -0.39 is 41.2 Å².